The molecule has 1 aromatic carbocycles. The molecule has 0 saturated carbocycles. The zero-order valence-electron chi connectivity index (χ0n) is 16.8. The Morgan fingerprint density at radius 1 is 0.958 bits per heavy atom. The second-order valence-corrected chi connectivity index (χ2v) is 9.08. The maximum atomic E-state index is 10.7. The molecule has 2 N–H and O–H groups in total. The highest BCUT2D eigenvalue weighted by atomic mass is 16.3. The fourth-order valence-corrected chi connectivity index (χ4v) is 2.50. The van der Waals surface area contributed by atoms with Gasteiger partial charge in [0.15, 0.2) is 0 Å². The highest BCUT2D eigenvalue weighted by molar-refractivity contribution is 5.85. The first-order chi connectivity index (χ1) is 10.7. The first kappa shape index (κ1) is 20.7. The number of aromatic hydroxyl groups is 1. The molecule has 0 bridgehead atoms. The topological polar surface area (TPSA) is 52.8 Å². The standard InChI is InChI=1S/C21H35NO2/c1-13(15(3)23)14(2)22-12-16-10-17(20(4,5)6)11-18(19(16)24)21(7,8)9/h10-15,23-24H,1-9H3. The molecule has 0 saturated heterocycles. The number of phenolic OH excluding ortho intramolecular Hbond substituents is 1. The summed E-state index contributed by atoms with van der Waals surface area (Å²) in [7, 11) is 0. The van der Waals surface area contributed by atoms with Gasteiger partial charge in [-0.3, -0.25) is 4.99 Å². The van der Waals surface area contributed by atoms with Gasteiger partial charge in [-0.1, -0.05) is 54.5 Å². The lowest BCUT2D eigenvalue weighted by Crippen LogP contribution is -2.23. The summed E-state index contributed by atoms with van der Waals surface area (Å²) >= 11 is 0. The quantitative estimate of drug-likeness (QED) is 0.777. The molecule has 0 aliphatic rings. The van der Waals surface area contributed by atoms with E-state index in [1.54, 1.807) is 13.1 Å². The number of phenols is 1. The van der Waals surface area contributed by atoms with Crippen LogP contribution in [0.25, 0.3) is 0 Å². The van der Waals surface area contributed by atoms with Crippen LogP contribution in [0.15, 0.2) is 17.1 Å². The minimum Gasteiger partial charge on any atom is -0.507 e. The van der Waals surface area contributed by atoms with E-state index in [1.807, 2.05) is 19.9 Å². The summed E-state index contributed by atoms with van der Waals surface area (Å²) < 4.78 is 0. The van der Waals surface area contributed by atoms with Crippen molar-refractivity contribution in [3.05, 3.63) is 28.8 Å². The summed E-state index contributed by atoms with van der Waals surface area (Å²) in [5, 5.41) is 20.5. The van der Waals surface area contributed by atoms with Crippen molar-refractivity contribution in [1.82, 2.24) is 0 Å². The Kier molecular flexibility index (Phi) is 6.26. The minimum atomic E-state index is -0.406. The lowest BCUT2D eigenvalue weighted by atomic mass is 9.79. The van der Waals surface area contributed by atoms with Crippen LogP contribution in [0.3, 0.4) is 0 Å². The number of hydrogen-bond donors (Lipinski definition) is 2. The van der Waals surface area contributed by atoms with Gasteiger partial charge in [0.05, 0.1) is 12.1 Å². The average Bonchev–Trinajstić information content (AvgIpc) is 2.42. The van der Waals surface area contributed by atoms with Gasteiger partial charge in [-0.15, -0.1) is 0 Å². The molecule has 0 aromatic heterocycles. The van der Waals surface area contributed by atoms with E-state index in [2.05, 4.69) is 52.6 Å². The van der Waals surface area contributed by atoms with Gasteiger partial charge in [0.2, 0.25) is 0 Å². The minimum absolute atomic E-state index is 0.00515. The Morgan fingerprint density at radius 2 is 1.50 bits per heavy atom. The van der Waals surface area contributed by atoms with Gasteiger partial charge in [-0.05, 0) is 36.3 Å². The van der Waals surface area contributed by atoms with Gasteiger partial charge in [0.25, 0.3) is 0 Å². The van der Waals surface area contributed by atoms with Gasteiger partial charge in [-0.25, -0.2) is 0 Å². The normalized spacial score (nSPS) is 17.1. The predicted octanol–water partition coefficient (Wildman–Crippen LogP) is 4.81. The third-order valence-electron chi connectivity index (χ3n) is 4.78. The highest BCUT2D eigenvalue weighted by Gasteiger charge is 2.24. The van der Waals surface area contributed by atoms with E-state index in [1.165, 1.54) is 5.56 Å². The van der Waals surface area contributed by atoms with Crippen LogP contribution < -0.4 is 0 Å². The van der Waals surface area contributed by atoms with Gasteiger partial charge in [0.1, 0.15) is 5.75 Å². The number of hydrogen-bond acceptors (Lipinski definition) is 3. The molecule has 24 heavy (non-hydrogen) atoms. The Morgan fingerprint density at radius 3 is 1.92 bits per heavy atom. The van der Waals surface area contributed by atoms with Crippen molar-refractivity contribution < 1.29 is 10.2 Å². The lowest BCUT2D eigenvalue weighted by Gasteiger charge is -2.27. The molecule has 0 fully saturated rings. The maximum Gasteiger partial charge on any atom is 0.128 e. The van der Waals surface area contributed by atoms with Gasteiger partial charge in [0, 0.05) is 23.3 Å². The van der Waals surface area contributed by atoms with Crippen LogP contribution in [-0.2, 0) is 10.8 Å². The molecule has 3 heteroatoms. The van der Waals surface area contributed by atoms with E-state index in [-0.39, 0.29) is 22.8 Å². The fraction of sp³-hybridized carbons (Fsp3) is 0.667. The summed E-state index contributed by atoms with van der Waals surface area (Å²) in [6, 6.07) is 4.11. The molecule has 136 valence electrons. The first-order valence-electron chi connectivity index (χ1n) is 8.84. The monoisotopic (exact) mass is 333 g/mol. The molecule has 0 radical (unpaired) electrons. The van der Waals surface area contributed by atoms with Crippen LogP contribution in [0.4, 0.5) is 0 Å². The van der Waals surface area contributed by atoms with Gasteiger partial charge < -0.3 is 10.2 Å². The van der Waals surface area contributed by atoms with Crippen molar-refractivity contribution in [1.29, 1.82) is 0 Å². The maximum absolute atomic E-state index is 10.7. The van der Waals surface area contributed by atoms with Crippen LogP contribution in [0.2, 0.25) is 0 Å². The number of aliphatic hydroxyl groups excluding tert-OH is 1. The second kappa shape index (κ2) is 7.26. The number of benzene rings is 1. The van der Waals surface area contributed by atoms with Crippen LogP contribution >= 0.6 is 0 Å². The highest BCUT2D eigenvalue weighted by Crippen LogP contribution is 2.37. The third-order valence-corrected chi connectivity index (χ3v) is 4.78. The zero-order valence-corrected chi connectivity index (χ0v) is 16.8. The number of nitrogens with zero attached hydrogens (tertiary/aromatic N) is 1. The molecule has 0 heterocycles. The SMILES string of the molecule is CC(O)C(C)C(C)N=Cc1cc(C(C)(C)C)cc(C(C)(C)C)c1O. The summed E-state index contributed by atoms with van der Waals surface area (Å²) in [4.78, 5) is 4.58. The molecule has 3 atom stereocenters. The summed E-state index contributed by atoms with van der Waals surface area (Å²) in [5.74, 6) is 0.368. The van der Waals surface area contributed by atoms with E-state index >= 15 is 0 Å². The number of aliphatic hydroxyl groups is 1. The van der Waals surface area contributed by atoms with Crippen LogP contribution in [0, 0.1) is 5.92 Å². The molecule has 3 nitrogen and oxygen atoms in total. The molecule has 0 spiro atoms. The van der Waals surface area contributed by atoms with E-state index in [4.69, 9.17) is 0 Å². The Bertz CT molecular complexity index is 589. The van der Waals surface area contributed by atoms with E-state index < -0.39 is 6.10 Å². The van der Waals surface area contributed by atoms with E-state index in [0.717, 1.165) is 11.1 Å². The average molecular weight is 334 g/mol. The molecular weight excluding hydrogens is 298 g/mol. The number of aliphatic imine (C=N–C) groups is 1. The third kappa shape index (κ3) is 5.07. The molecule has 0 aliphatic carbocycles. The smallest absolute Gasteiger partial charge is 0.128 e. The fourth-order valence-electron chi connectivity index (χ4n) is 2.50. The second-order valence-electron chi connectivity index (χ2n) is 9.08. The predicted molar refractivity (Wildman–Crippen MR) is 103 cm³/mol. The zero-order chi connectivity index (χ0) is 18.9. The molecule has 1 aromatic rings. The van der Waals surface area contributed by atoms with Crippen molar-refractivity contribution >= 4 is 6.21 Å². The molecule has 0 amide bonds. The molecule has 1 rings (SSSR count). The summed E-state index contributed by atoms with van der Waals surface area (Å²) in [6.07, 6.45) is 1.35. The molecule has 0 aliphatic heterocycles. The van der Waals surface area contributed by atoms with Crippen LogP contribution in [0.5, 0.6) is 5.75 Å². The van der Waals surface area contributed by atoms with Crippen LogP contribution in [-0.4, -0.2) is 28.6 Å². The van der Waals surface area contributed by atoms with Gasteiger partial charge >= 0.3 is 0 Å². The van der Waals surface area contributed by atoms with Crippen LogP contribution in [0.1, 0.15) is 79.0 Å². The van der Waals surface area contributed by atoms with E-state index in [9.17, 15) is 10.2 Å². The molecular formula is C21H35NO2. The van der Waals surface area contributed by atoms with Crippen molar-refractivity contribution in [2.75, 3.05) is 0 Å². The summed E-state index contributed by atoms with van der Waals surface area (Å²) in [6.45, 7) is 18.6. The van der Waals surface area contributed by atoms with Crippen molar-refractivity contribution in [3.8, 4) is 5.75 Å². The number of rotatable bonds is 4. The van der Waals surface area contributed by atoms with Gasteiger partial charge in [-0.2, -0.15) is 0 Å². The van der Waals surface area contributed by atoms with Crippen molar-refractivity contribution in [3.63, 3.8) is 0 Å². The Hall–Kier alpha value is -1.35. The molecule has 3 unspecified atom stereocenters. The Labute approximate surface area is 147 Å². The van der Waals surface area contributed by atoms with E-state index in [0.29, 0.717) is 5.75 Å². The van der Waals surface area contributed by atoms with Crippen molar-refractivity contribution in [2.45, 2.75) is 85.3 Å². The summed E-state index contributed by atoms with van der Waals surface area (Å²) in [5.41, 5.74) is 2.72. The first-order valence-corrected chi connectivity index (χ1v) is 8.84. The van der Waals surface area contributed by atoms with Crippen molar-refractivity contribution in [2.24, 2.45) is 10.9 Å². The Balaban J connectivity index is 3.37. The largest absolute Gasteiger partial charge is 0.507 e. The lowest BCUT2D eigenvalue weighted by molar-refractivity contribution is 0.124.